The third-order valence-corrected chi connectivity index (χ3v) is 4.31. The first kappa shape index (κ1) is 18.4. The molecule has 8 heteroatoms. The van der Waals surface area contributed by atoms with Gasteiger partial charge in [-0.05, 0) is 42.0 Å². The summed E-state index contributed by atoms with van der Waals surface area (Å²) in [6.07, 6.45) is -5.25. The molecule has 0 saturated heterocycles. The second kappa shape index (κ2) is 6.72. The molecule has 0 aliphatic carbocycles. The number of nitrogens with zero attached hydrogens (tertiary/aromatic N) is 1. The van der Waals surface area contributed by atoms with Gasteiger partial charge >= 0.3 is 6.18 Å². The molecule has 138 valence electrons. The Morgan fingerprint density at radius 3 is 2.62 bits per heavy atom. The van der Waals surface area contributed by atoms with Crippen LogP contribution in [0, 0.1) is 0 Å². The Kier molecular flexibility index (Phi) is 4.75. The molecule has 0 aromatic heterocycles. The highest BCUT2D eigenvalue weighted by molar-refractivity contribution is 6.30. The Morgan fingerprint density at radius 1 is 1.23 bits per heavy atom. The number of hydrogen-bond donors (Lipinski definition) is 1. The lowest BCUT2D eigenvalue weighted by molar-refractivity contribution is -0.137. The summed E-state index contributed by atoms with van der Waals surface area (Å²) >= 11 is 5.91. The van der Waals surface area contributed by atoms with E-state index in [4.69, 9.17) is 16.3 Å². The molecule has 0 radical (unpaired) electrons. The van der Waals surface area contributed by atoms with E-state index in [1.165, 1.54) is 12.1 Å². The average Bonchev–Trinajstić information content (AvgIpc) is 2.97. The number of fused-ring (bicyclic) bond motifs is 1. The summed E-state index contributed by atoms with van der Waals surface area (Å²) in [5, 5.41) is 2.85. The fraction of sp³-hybridized carbons (Fsp3) is 0.278. The van der Waals surface area contributed by atoms with Gasteiger partial charge in [0.15, 0.2) is 6.10 Å². The van der Waals surface area contributed by atoms with E-state index in [0.29, 0.717) is 16.5 Å². The first-order valence-corrected chi connectivity index (χ1v) is 8.17. The van der Waals surface area contributed by atoms with E-state index in [-0.39, 0.29) is 12.1 Å². The van der Waals surface area contributed by atoms with Crippen molar-refractivity contribution in [1.29, 1.82) is 0 Å². The van der Waals surface area contributed by atoms with Crippen molar-refractivity contribution in [2.24, 2.45) is 0 Å². The molecule has 0 saturated carbocycles. The Hall–Kier alpha value is -2.41. The van der Waals surface area contributed by atoms with Gasteiger partial charge in [0.1, 0.15) is 5.75 Å². The molecule has 2 aromatic rings. The molecule has 0 bridgehead atoms. The van der Waals surface area contributed by atoms with Gasteiger partial charge in [0.2, 0.25) is 0 Å². The second-order valence-electron chi connectivity index (χ2n) is 6.17. The summed E-state index contributed by atoms with van der Waals surface area (Å²) in [4.78, 5) is 14.0. The van der Waals surface area contributed by atoms with Crippen molar-refractivity contribution in [3.05, 3.63) is 52.5 Å². The molecule has 1 atom stereocenters. The van der Waals surface area contributed by atoms with Crippen LogP contribution >= 0.6 is 11.6 Å². The predicted molar refractivity (Wildman–Crippen MR) is 94.0 cm³/mol. The standard InChI is InChI=1S/C18H16ClF3N2O2/c1-24(2)12-4-5-14(13(9-12)18(20,21)22)23-17(25)16-8-10-7-11(19)3-6-15(10)26-16/h3-7,9,16H,8H2,1-2H3,(H,23,25). The molecule has 2 aromatic carbocycles. The molecule has 1 heterocycles. The van der Waals surface area contributed by atoms with Crippen LogP contribution in [0.5, 0.6) is 5.75 Å². The fourth-order valence-electron chi connectivity index (χ4n) is 2.73. The van der Waals surface area contributed by atoms with Crippen LogP contribution in [0.2, 0.25) is 5.02 Å². The Bertz CT molecular complexity index is 853. The molecule has 26 heavy (non-hydrogen) atoms. The van der Waals surface area contributed by atoms with E-state index >= 15 is 0 Å². The van der Waals surface area contributed by atoms with Crippen LogP contribution < -0.4 is 15.0 Å². The third-order valence-electron chi connectivity index (χ3n) is 4.07. The van der Waals surface area contributed by atoms with E-state index < -0.39 is 23.8 Å². The minimum atomic E-state index is -4.60. The Morgan fingerprint density at radius 2 is 1.96 bits per heavy atom. The van der Waals surface area contributed by atoms with Gasteiger partial charge in [0, 0.05) is 31.2 Å². The van der Waals surface area contributed by atoms with E-state index in [1.807, 2.05) is 0 Å². The van der Waals surface area contributed by atoms with Gasteiger partial charge in [0.05, 0.1) is 11.3 Å². The van der Waals surface area contributed by atoms with Gasteiger partial charge in [-0.3, -0.25) is 4.79 Å². The smallest absolute Gasteiger partial charge is 0.418 e. The number of rotatable bonds is 3. The molecular formula is C18H16ClF3N2O2. The summed E-state index contributed by atoms with van der Waals surface area (Å²) in [6.45, 7) is 0. The van der Waals surface area contributed by atoms with Crippen molar-refractivity contribution >= 4 is 28.9 Å². The van der Waals surface area contributed by atoms with Crippen molar-refractivity contribution in [3.63, 3.8) is 0 Å². The molecule has 0 fully saturated rings. The Labute approximate surface area is 153 Å². The molecule has 1 unspecified atom stereocenters. The van der Waals surface area contributed by atoms with Crippen molar-refractivity contribution in [3.8, 4) is 5.75 Å². The zero-order chi connectivity index (χ0) is 19.1. The lowest BCUT2D eigenvalue weighted by Crippen LogP contribution is -2.32. The van der Waals surface area contributed by atoms with Crippen LogP contribution in [0.25, 0.3) is 0 Å². The monoisotopic (exact) mass is 384 g/mol. The number of carbonyl (C=O) groups excluding carboxylic acids is 1. The van der Waals surface area contributed by atoms with Crippen LogP contribution in [-0.2, 0) is 17.4 Å². The van der Waals surface area contributed by atoms with E-state index in [9.17, 15) is 18.0 Å². The van der Waals surface area contributed by atoms with Gasteiger partial charge in [-0.2, -0.15) is 13.2 Å². The second-order valence-corrected chi connectivity index (χ2v) is 6.61. The van der Waals surface area contributed by atoms with E-state index in [1.54, 1.807) is 37.2 Å². The molecule has 0 spiro atoms. The number of alkyl halides is 3. The highest BCUT2D eigenvalue weighted by Crippen LogP contribution is 2.38. The molecule has 4 nitrogen and oxygen atoms in total. The maximum absolute atomic E-state index is 13.4. The minimum Gasteiger partial charge on any atom is -0.480 e. The highest BCUT2D eigenvalue weighted by atomic mass is 35.5. The van der Waals surface area contributed by atoms with Gasteiger partial charge in [-0.25, -0.2) is 0 Å². The fourth-order valence-corrected chi connectivity index (χ4v) is 2.93. The molecule has 1 aliphatic heterocycles. The van der Waals surface area contributed by atoms with Crippen LogP contribution in [0.15, 0.2) is 36.4 Å². The van der Waals surface area contributed by atoms with Gasteiger partial charge in [-0.15, -0.1) is 0 Å². The maximum Gasteiger partial charge on any atom is 0.418 e. The van der Waals surface area contributed by atoms with Crippen LogP contribution in [0.1, 0.15) is 11.1 Å². The number of benzene rings is 2. The van der Waals surface area contributed by atoms with Gasteiger partial charge in [0.25, 0.3) is 5.91 Å². The maximum atomic E-state index is 13.4. The number of amides is 1. The summed E-state index contributed by atoms with van der Waals surface area (Å²) in [5.74, 6) is -0.131. The minimum absolute atomic E-state index is 0.249. The third kappa shape index (κ3) is 3.72. The van der Waals surface area contributed by atoms with Gasteiger partial charge in [-0.1, -0.05) is 11.6 Å². The van der Waals surface area contributed by atoms with Crippen molar-refractivity contribution in [2.45, 2.75) is 18.7 Å². The first-order chi connectivity index (χ1) is 12.1. The number of anilines is 2. The normalized spacial score (nSPS) is 16.0. The van der Waals surface area contributed by atoms with E-state index in [2.05, 4.69) is 5.32 Å². The number of nitrogens with one attached hydrogen (secondary N) is 1. The van der Waals surface area contributed by atoms with E-state index in [0.717, 1.165) is 11.6 Å². The average molecular weight is 385 g/mol. The molecule has 1 N–H and O–H groups in total. The largest absolute Gasteiger partial charge is 0.480 e. The van der Waals surface area contributed by atoms with Crippen molar-refractivity contribution < 1.29 is 22.7 Å². The number of halogens is 4. The summed E-state index contributed by atoms with van der Waals surface area (Å²) in [5.41, 5.74) is -0.0765. The molecule has 3 rings (SSSR count). The molecular weight excluding hydrogens is 369 g/mol. The lowest BCUT2D eigenvalue weighted by atomic mass is 10.1. The number of carbonyl (C=O) groups is 1. The lowest BCUT2D eigenvalue weighted by Gasteiger charge is -2.19. The van der Waals surface area contributed by atoms with Crippen LogP contribution in [0.4, 0.5) is 24.5 Å². The number of hydrogen-bond acceptors (Lipinski definition) is 3. The quantitative estimate of drug-likeness (QED) is 0.854. The zero-order valence-electron chi connectivity index (χ0n) is 14.0. The number of ether oxygens (including phenoxy) is 1. The zero-order valence-corrected chi connectivity index (χ0v) is 14.8. The van der Waals surface area contributed by atoms with Crippen molar-refractivity contribution in [2.75, 3.05) is 24.3 Å². The van der Waals surface area contributed by atoms with Crippen LogP contribution in [0.3, 0.4) is 0 Å². The first-order valence-electron chi connectivity index (χ1n) is 7.79. The SMILES string of the molecule is CN(C)c1ccc(NC(=O)C2Cc3cc(Cl)ccc3O2)c(C(F)(F)F)c1. The van der Waals surface area contributed by atoms with Crippen LogP contribution in [-0.4, -0.2) is 26.1 Å². The summed E-state index contributed by atoms with van der Waals surface area (Å²) < 4.78 is 45.6. The highest BCUT2D eigenvalue weighted by Gasteiger charge is 2.36. The molecule has 1 amide bonds. The Balaban J connectivity index is 1.82. The molecule has 1 aliphatic rings. The summed E-state index contributed by atoms with van der Waals surface area (Å²) in [6, 6.07) is 8.70. The predicted octanol–water partition coefficient (Wildman–Crippen LogP) is 4.37. The summed E-state index contributed by atoms with van der Waals surface area (Å²) in [7, 11) is 3.28. The van der Waals surface area contributed by atoms with Gasteiger partial charge < -0.3 is 15.0 Å². The van der Waals surface area contributed by atoms with Crippen molar-refractivity contribution in [1.82, 2.24) is 0 Å². The topological polar surface area (TPSA) is 41.6 Å².